The number of nitrogen functional groups attached to an aromatic ring is 1. The normalized spacial score (nSPS) is 23.5. The van der Waals surface area contributed by atoms with Gasteiger partial charge in [0, 0.05) is 11.3 Å². The quantitative estimate of drug-likeness (QED) is 0.567. The van der Waals surface area contributed by atoms with Gasteiger partial charge in [-0.25, -0.2) is 13.1 Å². The van der Waals surface area contributed by atoms with Gasteiger partial charge < -0.3 is 5.43 Å². The number of hydrogen-bond donors (Lipinski definition) is 3. The van der Waals surface area contributed by atoms with Gasteiger partial charge in [-0.15, -0.1) is 0 Å². The van der Waals surface area contributed by atoms with Gasteiger partial charge in [-0.2, -0.15) is 11.8 Å². The Morgan fingerprint density at radius 1 is 1.42 bits per heavy atom. The number of sulfonamides is 1. The molecule has 0 aromatic heterocycles. The Morgan fingerprint density at radius 3 is 2.79 bits per heavy atom. The zero-order chi connectivity index (χ0) is 13.9. The van der Waals surface area contributed by atoms with E-state index in [1.54, 1.807) is 24.3 Å². The number of anilines is 1. The van der Waals surface area contributed by atoms with Crippen LogP contribution in [-0.4, -0.2) is 25.5 Å². The molecule has 0 spiro atoms. The number of benzene rings is 1. The maximum Gasteiger partial charge on any atom is 0.242 e. The van der Waals surface area contributed by atoms with Crippen LogP contribution in [0.15, 0.2) is 29.2 Å². The summed E-state index contributed by atoms with van der Waals surface area (Å²) < 4.78 is 27.3. The average Bonchev–Trinajstić information content (AvgIpc) is 2.84. The van der Waals surface area contributed by atoms with Gasteiger partial charge in [-0.05, 0) is 37.7 Å². The zero-order valence-electron chi connectivity index (χ0n) is 10.8. The molecule has 1 aromatic carbocycles. The molecule has 0 aliphatic carbocycles. The summed E-state index contributed by atoms with van der Waals surface area (Å²) in [6.45, 7) is 2.54. The summed E-state index contributed by atoms with van der Waals surface area (Å²) in [6, 6.07) is 6.60. The summed E-state index contributed by atoms with van der Waals surface area (Å²) in [5, 5.41) is 0. The summed E-state index contributed by atoms with van der Waals surface area (Å²) >= 11 is 1.82. The zero-order valence-corrected chi connectivity index (χ0v) is 12.5. The highest BCUT2D eigenvalue weighted by Crippen LogP contribution is 2.37. The molecule has 0 saturated carbocycles. The summed E-state index contributed by atoms with van der Waals surface area (Å²) in [4.78, 5) is 0.184. The fraction of sp³-hybridized carbons (Fsp3) is 0.500. The van der Waals surface area contributed by atoms with Gasteiger partial charge in [0.2, 0.25) is 10.0 Å². The van der Waals surface area contributed by atoms with Crippen LogP contribution in [0.2, 0.25) is 0 Å². The largest absolute Gasteiger partial charge is 0.323 e. The van der Waals surface area contributed by atoms with Crippen molar-refractivity contribution in [2.24, 2.45) is 5.84 Å². The Kier molecular flexibility index (Phi) is 4.39. The number of rotatable bonds is 5. The van der Waals surface area contributed by atoms with Crippen molar-refractivity contribution in [2.45, 2.75) is 29.4 Å². The third-order valence-corrected chi connectivity index (χ3v) is 6.27. The van der Waals surface area contributed by atoms with Crippen LogP contribution in [0.4, 0.5) is 5.69 Å². The molecule has 0 amide bonds. The lowest BCUT2D eigenvalue weighted by atomic mass is 10.1. The highest BCUT2D eigenvalue weighted by Gasteiger charge is 2.31. The highest BCUT2D eigenvalue weighted by molar-refractivity contribution is 8.01. The average molecular weight is 301 g/mol. The molecule has 2 rings (SSSR count). The van der Waals surface area contributed by atoms with Gasteiger partial charge in [-0.1, -0.05) is 12.1 Å². The first-order chi connectivity index (χ1) is 8.97. The minimum absolute atomic E-state index is 0.00183. The Bertz CT molecular complexity index is 540. The fourth-order valence-electron chi connectivity index (χ4n) is 2.12. The van der Waals surface area contributed by atoms with Crippen molar-refractivity contribution in [3.05, 3.63) is 24.3 Å². The molecular formula is C12H19N3O2S2. The third-order valence-electron chi connectivity index (χ3n) is 3.27. The molecule has 106 valence electrons. The molecule has 4 N–H and O–H groups in total. The van der Waals surface area contributed by atoms with Gasteiger partial charge in [0.05, 0.1) is 5.69 Å². The Morgan fingerprint density at radius 2 is 2.16 bits per heavy atom. The minimum atomic E-state index is -3.53. The van der Waals surface area contributed by atoms with Crippen LogP contribution >= 0.6 is 11.8 Å². The van der Waals surface area contributed by atoms with Crippen LogP contribution in [0.3, 0.4) is 0 Å². The number of nitrogens with two attached hydrogens (primary N) is 1. The molecule has 0 radical (unpaired) electrons. The summed E-state index contributed by atoms with van der Waals surface area (Å²) in [5.74, 6) is 6.44. The maximum absolute atomic E-state index is 12.3. The van der Waals surface area contributed by atoms with E-state index < -0.39 is 10.0 Å². The molecule has 1 unspecified atom stereocenters. The Labute approximate surface area is 118 Å². The number of nitrogens with one attached hydrogen (secondary N) is 2. The predicted molar refractivity (Wildman–Crippen MR) is 79.5 cm³/mol. The van der Waals surface area contributed by atoms with Crippen LogP contribution in [-0.2, 0) is 10.0 Å². The monoisotopic (exact) mass is 301 g/mol. The second kappa shape index (κ2) is 5.70. The van der Waals surface area contributed by atoms with Gasteiger partial charge >= 0.3 is 0 Å². The second-order valence-electron chi connectivity index (χ2n) is 4.87. The lowest BCUT2D eigenvalue weighted by Gasteiger charge is -2.23. The SMILES string of the molecule is CC1(CNS(=O)(=O)c2ccccc2NN)CCCS1. The number of para-hydroxylation sites is 1. The van der Waals surface area contributed by atoms with E-state index in [2.05, 4.69) is 17.1 Å². The number of hydrazine groups is 1. The standard InChI is InChI=1S/C12H19N3O2S2/c1-12(7-4-8-18-12)9-14-19(16,17)11-6-3-2-5-10(11)15-13/h2-3,5-6,14-15H,4,7-9,13H2,1H3. The van der Waals surface area contributed by atoms with E-state index in [9.17, 15) is 8.42 Å². The molecule has 19 heavy (non-hydrogen) atoms. The predicted octanol–water partition coefficient (Wildman–Crippen LogP) is 1.54. The van der Waals surface area contributed by atoms with Crippen molar-refractivity contribution >= 4 is 27.5 Å². The van der Waals surface area contributed by atoms with Gasteiger partial charge in [0.1, 0.15) is 4.90 Å². The topological polar surface area (TPSA) is 84.2 Å². The second-order valence-corrected chi connectivity index (χ2v) is 8.28. The molecule has 1 aromatic rings. The van der Waals surface area contributed by atoms with E-state index >= 15 is 0 Å². The molecule has 1 aliphatic heterocycles. The molecule has 5 nitrogen and oxygen atoms in total. The molecule has 1 fully saturated rings. The molecular weight excluding hydrogens is 282 g/mol. The van der Waals surface area contributed by atoms with E-state index in [1.807, 2.05) is 11.8 Å². The smallest absolute Gasteiger partial charge is 0.242 e. The van der Waals surface area contributed by atoms with Crippen molar-refractivity contribution in [3.8, 4) is 0 Å². The first kappa shape index (κ1) is 14.6. The molecule has 7 heteroatoms. The molecule has 1 heterocycles. The van der Waals surface area contributed by atoms with E-state index in [4.69, 9.17) is 5.84 Å². The summed E-state index contributed by atoms with van der Waals surface area (Å²) in [7, 11) is -3.53. The van der Waals surface area contributed by atoms with Gasteiger partial charge in [0.15, 0.2) is 0 Å². The highest BCUT2D eigenvalue weighted by atomic mass is 32.2. The lowest BCUT2D eigenvalue weighted by Crippen LogP contribution is -2.37. The van der Waals surface area contributed by atoms with E-state index in [0.717, 1.165) is 18.6 Å². The summed E-state index contributed by atoms with van der Waals surface area (Å²) in [6.07, 6.45) is 2.18. The maximum atomic E-state index is 12.3. The Hall–Kier alpha value is -0.760. The third kappa shape index (κ3) is 3.42. The van der Waals surface area contributed by atoms with Crippen molar-refractivity contribution < 1.29 is 8.42 Å². The lowest BCUT2D eigenvalue weighted by molar-refractivity contribution is 0.552. The number of thioether (sulfide) groups is 1. The molecule has 0 bridgehead atoms. The van der Waals surface area contributed by atoms with E-state index in [1.165, 1.54) is 0 Å². The van der Waals surface area contributed by atoms with Crippen LogP contribution in [0, 0.1) is 0 Å². The van der Waals surface area contributed by atoms with Crippen LogP contribution in [0.25, 0.3) is 0 Å². The molecule has 1 saturated heterocycles. The van der Waals surface area contributed by atoms with Gasteiger partial charge in [-0.3, -0.25) is 5.84 Å². The van der Waals surface area contributed by atoms with Crippen molar-refractivity contribution in [1.82, 2.24) is 4.72 Å². The van der Waals surface area contributed by atoms with Crippen molar-refractivity contribution in [3.63, 3.8) is 0 Å². The number of hydrogen-bond acceptors (Lipinski definition) is 5. The Balaban J connectivity index is 2.14. The minimum Gasteiger partial charge on any atom is -0.323 e. The van der Waals surface area contributed by atoms with Crippen LogP contribution in [0.1, 0.15) is 19.8 Å². The van der Waals surface area contributed by atoms with Crippen LogP contribution in [0.5, 0.6) is 0 Å². The first-order valence-corrected chi connectivity index (χ1v) is 8.63. The summed E-state index contributed by atoms with van der Waals surface area (Å²) in [5.41, 5.74) is 2.82. The van der Waals surface area contributed by atoms with Gasteiger partial charge in [0.25, 0.3) is 0 Å². The fourth-order valence-corrected chi connectivity index (χ4v) is 4.80. The molecule has 1 atom stereocenters. The van der Waals surface area contributed by atoms with Crippen molar-refractivity contribution in [1.29, 1.82) is 0 Å². The van der Waals surface area contributed by atoms with Crippen LogP contribution < -0.4 is 16.0 Å². The van der Waals surface area contributed by atoms with E-state index in [0.29, 0.717) is 12.2 Å². The first-order valence-electron chi connectivity index (χ1n) is 6.16. The molecule has 1 aliphatic rings. The van der Waals surface area contributed by atoms with E-state index in [-0.39, 0.29) is 9.64 Å². The van der Waals surface area contributed by atoms with Crippen molar-refractivity contribution in [2.75, 3.05) is 17.7 Å².